The van der Waals surface area contributed by atoms with Gasteiger partial charge in [0.25, 0.3) is 5.91 Å². The number of carbonyl (C=O) groups is 2. The van der Waals surface area contributed by atoms with Crippen LogP contribution in [0.3, 0.4) is 0 Å². The maximum atomic E-state index is 13.0. The topological polar surface area (TPSA) is 153 Å². The zero-order valence-electron chi connectivity index (χ0n) is 13.3. The van der Waals surface area contributed by atoms with Gasteiger partial charge in [0.05, 0.1) is 6.54 Å². The Bertz CT molecular complexity index is 1020. The molecular weight excluding hydrogens is 390 g/mol. The van der Waals surface area contributed by atoms with Gasteiger partial charge in [-0.15, -0.1) is 8.78 Å². The maximum Gasteiger partial charge on any atom is 0.586 e. The van der Waals surface area contributed by atoms with Crippen molar-refractivity contribution in [2.45, 2.75) is 11.2 Å². The van der Waals surface area contributed by atoms with E-state index in [0.29, 0.717) is 0 Å². The first-order valence-corrected chi connectivity index (χ1v) is 8.72. The lowest BCUT2D eigenvalue weighted by Gasteiger charge is -2.05. The first-order chi connectivity index (χ1) is 12.6. The Morgan fingerprint density at radius 3 is 2.59 bits per heavy atom. The van der Waals surface area contributed by atoms with Crippen LogP contribution >= 0.6 is 0 Å². The number of hydrogen-bond donors (Lipinski definition) is 4. The summed E-state index contributed by atoms with van der Waals surface area (Å²) < 4.78 is 60.4. The van der Waals surface area contributed by atoms with Gasteiger partial charge in [-0.3, -0.25) is 9.59 Å². The van der Waals surface area contributed by atoms with Crippen LogP contribution in [-0.4, -0.2) is 38.1 Å². The van der Waals surface area contributed by atoms with E-state index in [1.165, 1.54) is 12.1 Å². The monoisotopic (exact) mass is 402 g/mol. The fraction of sp³-hybridized carbons (Fsp3) is 0.143. The number of aromatic nitrogens is 1. The minimum absolute atomic E-state index is 0.117. The molecule has 2 heterocycles. The number of anilines is 1. The smallest absolute Gasteiger partial charge is 0.395 e. The molecule has 1 aliphatic heterocycles. The molecule has 13 heteroatoms. The predicted octanol–water partition coefficient (Wildman–Crippen LogP) is 0.352. The van der Waals surface area contributed by atoms with Crippen LogP contribution in [0, 0.1) is 0 Å². The van der Waals surface area contributed by atoms with Crippen molar-refractivity contribution in [3.8, 4) is 11.5 Å². The van der Waals surface area contributed by atoms with Crippen molar-refractivity contribution < 1.29 is 36.3 Å². The number of aromatic amines is 1. The van der Waals surface area contributed by atoms with E-state index in [9.17, 15) is 26.8 Å². The van der Waals surface area contributed by atoms with Crippen molar-refractivity contribution in [1.29, 1.82) is 0 Å². The van der Waals surface area contributed by atoms with Gasteiger partial charge in [-0.2, -0.15) is 0 Å². The molecular formula is C14H12F2N4O6S. The second kappa shape index (κ2) is 6.51. The fourth-order valence-corrected chi connectivity index (χ4v) is 3.12. The minimum atomic E-state index is -4.04. The molecule has 2 amide bonds. The number of sulfonamides is 1. The van der Waals surface area contributed by atoms with Crippen LogP contribution in [0.25, 0.3) is 0 Å². The first-order valence-electron chi connectivity index (χ1n) is 7.23. The molecule has 1 aromatic carbocycles. The van der Waals surface area contributed by atoms with Crippen LogP contribution in [0.4, 0.5) is 14.5 Å². The molecule has 0 bridgehead atoms. The molecule has 2 aromatic rings. The van der Waals surface area contributed by atoms with Crippen molar-refractivity contribution in [1.82, 2.24) is 9.71 Å². The zero-order valence-corrected chi connectivity index (χ0v) is 14.1. The van der Waals surface area contributed by atoms with Crippen LogP contribution in [0.5, 0.6) is 11.5 Å². The lowest BCUT2D eigenvalue weighted by atomic mass is 10.2. The van der Waals surface area contributed by atoms with Crippen molar-refractivity contribution in [2.75, 3.05) is 11.9 Å². The van der Waals surface area contributed by atoms with Crippen LogP contribution < -0.4 is 25.2 Å². The average Bonchev–Trinajstić information content (AvgIpc) is 3.16. The summed E-state index contributed by atoms with van der Waals surface area (Å²) in [5.41, 5.74) is 4.86. The quantitative estimate of drug-likeness (QED) is 0.547. The van der Waals surface area contributed by atoms with Crippen molar-refractivity contribution in [3.63, 3.8) is 0 Å². The summed E-state index contributed by atoms with van der Waals surface area (Å²) in [5, 5.41) is 2.39. The summed E-state index contributed by atoms with van der Waals surface area (Å²) in [4.78, 5) is 25.0. The summed E-state index contributed by atoms with van der Waals surface area (Å²) >= 11 is 0. The number of nitrogens with one attached hydrogen (secondary N) is 3. The number of benzene rings is 1. The van der Waals surface area contributed by atoms with Gasteiger partial charge in [0, 0.05) is 18.0 Å². The largest absolute Gasteiger partial charge is 0.586 e. The number of amides is 2. The van der Waals surface area contributed by atoms with E-state index in [1.807, 2.05) is 4.72 Å². The normalized spacial score (nSPS) is 14.7. The standard InChI is InChI=1S/C14H12F2N4O6S/c15-14(16)25-10-2-1-7(3-11(10)26-14)20-13(22)9-4-8(5-18-9)27(23,24)19-6-12(17)21/h1-5,18-19H,6H2,(H2,17,21)(H,20,22). The van der Waals surface area contributed by atoms with Crippen molar-refractivity contribution in [3.05, 3.63) is 36.2 Å². The molecule has 0 aliphatic carbocycles. The summed E-state index contributed by atoms with van der Waals surface area (Å²) in [6, 6.07) is 4.64. The van der Waals surface area contributed by atoms with E-state index < -0.39 is 34.7 Å². The SMILES string of the molecule is NC(=O)CNS(=O)(=O)c1c[nH]c(C(=O)Nc2ccc3c(c2)OC(F)(F)O3)c1. The molecule has 1 aliphatic rings. The van der Waals surface area contributed by atoms with E-state index >= 15 is 0 Å². The molecule has 0 saturated carbocycles. The third-order valence-corrected chi connectivity index (χ3v) is 4.69. The lowest BCUT2D eigenvalue weighted by molar-refractivity contribution is -0.286. The summed E-state index contributed by atoms with van der Waals surface area (Å²) in [6.45, 7) is -0.600. The highest BCUT2D eigenvalue weighted by Gasteiger charge is 2.43. The Labute approximate surface area is 150 Å². The lowest BCUT2D eigenvalue weighted by Crippen LogP contribution is -2.33. The van der Waals surface area contributed by atoms with Gasteiger partial charge < -0.3 is 25.5 Å². The first kappa shape index (κ1) is 18.6. The zero-order chi connectivity index (χ0) is 19.8. The van der Waals surface area contributed by atoms with E-state index in [-0.39, 0.29) is 27.8 Å². The second-order valence-electron chi connectivity index (χ2n) is 5.32. The number of carbonyl (C=O) groups excluding carboxylic acids is 2. The van der Waals surface area contributed by atoms with Crippen LogP contribution in [-0.2, 0) is 14.8 Å². The third-order valence-electron chi connectivity index (χ3n) is 3.31. The molecule has 0 saturated heterocycles. The van der Waals surface area contributed by atoms with Crippen molar-refractivity contribution >= 4 is 27.5 Å². The molecule has 5 N–H and O–H groups in total. The van der Waals surface area contributed by atoms with E-state index in [2.05, 4.69) is 19.8 Å². The molecule has 10 nitrogen and oxygen atoms in total. The predicted molar refractivity (Wildman–Crippen MR) is 85.8 cm³/mol. The molecule has 1 aromatic heterocycles. The molecule has 0 fully saturated rings. The van der Waals surface area contributed by atoms with Crippen LogP contribution in [0.15, 0.2) is 35.4 Å². The molecule has 0 spiro atoms. The van der Waals surface area contributed by atoms with E-state index in [1.54, 1.807) is 0 Å². The summed E-state index contributed by atoms with van der Waals surface area (Å²) in [5.74, 6) is -2.06. The number of hydrogen-bond acceptors (Lipinski definition) is 6. The highest BCUT2D eigenvalue weighted by molar-refractivity contribution is 7.89. The third kappa shape index (κ3) is 4.15. The van der Waals surface area contributed by atoms with Gasteiger partial charge in [0.2, 0.25) is 15.9 Å². The van der Waals surface area contributed by atoms with Crippen LogP contribution in [0.2, 0.25) is 0 Å². The molecule has 27 heavy (non-hydrogen) atoms. The Kier molecular flexibility index (Phi) is 4.49. The number of primary amides is 1. The molecule has 3 rings (SSSR count). The number of halogens is 2. The molecule has 0 atom stereocenters. The fourth-order valence-electron chi connectivity index (χ4n) is 2.14. The van der Waals surface area contributed by atoms with Gasteiger partial charge in [-0.05, 0) is 18.2 Å². The average molecular weight is 402 g/mol. The highest BCUT2D eigenvalue weighted by atomic mass is 32.2. The minimum Gasteiger partial charge on any atom is -0.395 e. The number of ether oxygens (including phenoxy) is 2. The highest BCUT2D eigenvalue weighted by Crippen LogP contribution is 2.42. The maximum absolute atomic E-state index is 13.0. The summed E-state index contributed by atoms with van der Waals surface area (Å²) in [7, 11) is -4.04. The van der Waals surface area contributed by atoms with Crippen molar-refractivity contribution in [2.24, 2.45) is 5.73 Å². The van der Waals surface area contributed by atoms with Gasteiger partial charge >= 0.3 is 6.29 Å². The number of alkyl halides is 2. The van der Waals surface area contributed by atoms with Gasteiger partial charge in [-0.25, -0.2) is 13.1 Å². The van der Waals surface area contributed by atoms with Gasteiger partial charge in [0.1, 0.15) is 10.6 Å². The second-order valence-corrected chi connectivity index (χ2v) is 7.09. The van der Waals surface area contributed by atoms with Gasteiger partial charge in [-0.1, -0.05) is 0 Å². The molecule has 0 radical (unpaired) electrons. The van der Waals surface area contributed by atoms with E-state index in [4.69, 9.17) is 5.73 Å². The Morgan fingerprint density at radius 2 is 1.89 bits per heavy atom. The van der Waals surface area contributed by atoms with Gasteiger partial charge in [0.15, 0.2) is 11.5 Å². The van der Waals surface area contributed by atoms with Crippen LogP contribution in [0.1, 0.15) is 10.5 Å². The molecule has 144 valence electrons. The number of H-pyrrole nitrogens is 1. The Balaban J connectivity index is 1.71. The molecule has 0 unspecified atom stereocenters. The Morgan fingerprint density at radius 1 is 1.19 bits per heavy atom. The van der Waals surface area contributed by atoms with E-state index in [0.717, 1.165) is 18.3 Å². The number of rotatable bonds is 6. The number of nitrogens with two attached hydrogens (primary N) is 1. The summed E-state index contributed by atoms with van der Waals surface area (Å²) in [6.07, 6.45) is -2.75. The number of fused-ring (bicyclic) bond motifs is 1. The Hall–Kier alpha value is -3.19.